The lowest BCUT2D eigenvalue weighted by Crippen LogP contribution is -2.49. The van der Waals surface area contributed by atoms with Crippen LogP contribution < -0.4 is 15.1 Å². The van der Waals surface area contributed by atoms with Crippen molar-refractivity contribution < 1.29 is 13.9 Å². The smallest absolute Gasteiger partial charge is 0.336 e. The predicted molar refractivity (Wildman–Crippen MR) is 111 cm³/mol. The van der Waals surface area contributed by atoms with Crippen LogP contribution in [0.5, 0.6) is 11.6 Å². The van der Waals surface area contributed by atoms with Crippen molar-refractivity contribution in [2.75, 3.05) is 0 Å². The van der Waals surface area contributed by atoms with E-state index >= 15 is 0 Å². The second-order valence-electron chi connectivity index (χ2n) is 7.75. The van der Waals surface area contributed by atoms with Crippen molar-refractivity contribution >= 4 is 11.0 Å². The molecule has 7 nitrogen and oxygen atoms in total. The molecule has 0 N–H and O–H groups in total. The minimum absolute atomic E-state index is 0.269. The zero-order valence-electron chi connectivity index (χ0n) is 16.5. The number of rotatable bonds is 3. The van der Waals surface area contributed by atoms with Gasteiger partial charge in [0.25, 0.3) is 0 Å². The van der Waals surface area contributed by atoms with E-state index in [0.717, 1.165) is 22.2 Å². The first-order valence-electron chi connectivity index (χ1n) is 9.63. The lowest BCUT2D eigenvalue weighted by atomic mass is 9.90. The fourth-order valence-corrected chi connectivity index (χ4v) is 3.60. The number of aromatic nitrogens is 3. The summed E-state index contributed by atoms with van der Waals surface area (Å²) < 4.78 is 17.8. The van der Waals surface area contributed by atoms with Gasteiger partial charge in [0.05, 0.1) is 5.69 Å². The monoisotopic (exact) mass is 401 g/mol. The standard InChI is InChI=1S/C23H19N3O4/c1-23(2)20(29-21-10-17(25-13-26-21)15-4-3-7-24-12-15)9-16-8-14-5-6-22(27)28-18(14)11-19(16)30-23/h3-8,10-13,20H,9H2,1-2H3/t20-/m0/s1. The number of hydrogen-bond acceptors (Lipinski definition) is 7. The van der Waals surface area contributed by atoms with E-state index in [1.54, 1.807) is 30.6 Å². The van der Waals surface area contributed by atoms with Crippen molar-refractivity contribution in [3.8, 4) is 22.9 Å². The molecule has 4 aromatic rings. The van der Waals surface area contributed by atoms with Crippen molar-refractivity contribution in [3.05, 3.63) is 77.2 Å². The van der Waals surface area contributed by atoms with Gasteiger partial charge in [-0.05, 0) is 43.7 Å². The Hall–Kier alpha value is -3.74. The van der Waals surface area contributed by atoms with E-state index in [4.69, 9.17) is 13.9 Å². The van der Waals surface area contributed by atoms with Crippen LogP contribution in [0.4, 0.5) is 0 Å². The highest BCUT2D eigenvalue weighted by atomic mass is 16.6. The summed E-state index contributed by atoms with van der Waals surface area (Å²) in [6.07, 6.45) is 5.31. The molecule has 0 fully saturated rings. The highest BCUT2D eigenvalue weighted by Crippen LogP contribution is 2.37. The van der Waals surface area contributed by atoms with Gasteiger partial charge in [-0.2, -0.15) is 0 Å². The normalized spacial score (nSPS) is 17.2. The van der Waals surface area contributed by atoms with Crippen LogP contribution in [0, 0.1) is 0 Å². The molecular formula is C23H19N3O4. The van der Waals surface area contributed by atoms with Crippen LogP contribution in [-0.2, 0) is 6.42 Å². The van der Waals surface area contributed by atoms with E-state index in [9.17, 15) is 4.79 Å². The zero-order valence-corrected chi connectivity index (χ0v) is 16.5. The van der Waals surface area contributed by atoms with Crippen LogP contribution in [0.15, 0.2) is 70.4 Å². The Bertz CT molecular complexity index is 1280. The van der Waals surface area contributed by atoms with Gasteiger partial charge in [-0.3, -0.25) is 4.98 Å². The summed E-state index contributed by atoms with van der Waals surface area (Å²) in [6.45, 7) is 3.93. The summed E-state index contributed by atoms with van der Waals surface area (Å²) in [5.74, 6) is 1.17. The fraction of sp³-hybridized carbons (Fsp3) is 0.217. The van der Waals surface area contributed by atoms with Crippen molar-refractivity contribution in [2.45, 2.75) is 32.0 Å². The Morgan fingerprint density at radius 3 is 2.87 bits per heavy atom. The summed E-state index contributed by atoms with van der Waals surface area (Å²) >= 11 is 0. The molecule has 1 aliphatic heterocycles. The Labute approximate surface area is 172 Å². The van der Waals surface area contributed by atoms with Gasteiger partial charge in [0.2, 0.25) is 5.88 Å². The zero-order chi connectivity index (χ0) is 20.7. The van der Waals surface area contributed by atoms with Crippen molar-refractivity contribution in [3.63, 3.8) is 0 Å². The predicted octanol–water partition coefficient (Wildman–Crippen LogP) is 3.81. The van der Waals surface area contributed by atoms with Gasteiger partial charge in [0.1, 0.15) is 29.4 Å². The van der Waals surface area contributed by atoms with E-state index in [-0.39, 0.29) is 11.7 Å². The van der Waals surface area contributed by atoms with Crippen LogP contribution in [0.2, 0.25) is 0 Å². The maximum absolute atomic E-state index is 11.5. The SMILES string of the molecule is CC1(C)Oc2cc3oc(=O)ccc3cc2C[C@@H]1Oc1cc(-c2cccnc2)ncn1. The van der Waals surface area contributed by atoms with Crippen molar-refractivity contribution in [1.82, 2.24) is 15.0 Å². The lowest BCUT2D eigenvalue weighted by molar-refractivity contribution is -0.0287. The molecule has 7 heteroatoms. The van der Waals surface area contributed by atoms with Gasteiger partial charge in [0, 0.05) is 48.0 Å². The third-order valence-electron chi connectivity index (χ3n) is 5.22. The number of nitrogens with zero attached hydrogens (tertiary/aromatic N) is 3. The molecule has 30 heavy (non-hydrogen) atoms. The molecule has 0 saturated heterocycles. The molecule has 0 spiro atoms. The first-order chi connectivity index (χ1) is 14.5. The molecule has 1 atom stereocenters. The highest BCUT2D eigenvalue weighted by molar-refractivity contribution is 5.79. The topological polar surface area (TPSA) is 87.3 Å². The average Bonchev–Trinajstić information content (AvgIpc) is 2.74. The van der Waals surface area contributed by atoms with Gasteiger partial charge in [-0.25, -0.2) is 14.8 Å². The molecule has 0 aliphatic carbocycles. The van der Waals surface area contributed by atoms with Crippen LogP contribution in [0.3, 0.4) is 0 Å². The first-order valence-corrected chi connectivity index (χ1v) is 9.63. The third kappa shape index (κ3) is 3.39. The van der Waals surface area contributed by atoms with Crippen LogP contribution in [0.1, 0.15) is 19.4 Å². The van der Waals surface area contributed by atoms with Crippen LogP contribution >= 0.6 is 0 Å². The van der Waals surface area contributed by atoms with Crippen LogP contribution in [0.25, 0.3) is 22.2 Å². The maximum atomic E-state index is 11.5. The Balaban J connectivity index is 1.46. The molecule has 1 aromatic carbocycles. The van der Waals surface area contributed by atoms with Gasteiger partial charge in [0.15, 0.2) is 0 Å². The number of fused-ring (bicyclic) bond motifs is 2. The molecular weight excluding hydrogens is 382 g/mol. The summed E-state index contributed by atoms with van der Waals surface area (Å²) in [7, 11) is 0. The highest BCUT2D eigenvalue weighted by Gasteiger charge is 2.39. The minimum Gasteiger partial charge on any atom is -0.484 e. The van der Waals surface area contributed by atoms with Gasteiger partial charge in [-0.15, -0.1) is 0 Å². The molecule has 0 bridgehead atoms. The van der Waals surface area contributed by atoms with E-state index in [1.807, 2.05) is 32.0 Å². The quantitative estimate of drug-likeness (QED) is 0.483. The molecule has 0 unspecified atom stereocenters. The summed E-state index contributed by atoms with van der Waals surface area (Å²) in [4.78, 5) is 24.3. The Morgan fingerprint density at radius 2 is 2.03 bits per heavy atom. The van der Waals surface area contributed by atoms with Crippen molar-refractivity contribution in [1.29, 1.82) is 0 Å². The van der Waals surface area contributed by atoms with Crippen LogP contribution in [-0.4, -0.2) is 26.7 Å². The lowest BCUT2D eigenvalue weighted by Gasteiger charge is -2.39. The molecule has 3 aromatic heterocycles. The van der Waals surface area contributed by atoms with Gasteiger partial charge in [-0.1, -0.05) is 0 Å². The number of pyridine rings is 1. The number of hydrogen-bond donors (Lipinski definition) is 0. The second kappa shape index (κ2) is 6.95. The maximum Gasteiger partial charge on any atom is 0.336 e. The van der Waals surface area contributed by atoms with E-state index in [0.29, 0.717) is 23.6 Å². The molecule has 0 amide bonds. The molecule has 150 valence electrons. The second-order valence-corrected chi connectivity index (χ2v) is 7.75. The molecule has 0 saturated carbocycles. The third-order valence-corrected chi connectivity index (χ3v) is 5.22. The average molecular weight is 401 g/mol. The largest absolute Gasteiger partial charge is 0.484 e. The molecule has 5 rings (SSSR count). The van der Waals surface area contributed by atoms with Gasteiger partial charge < -0.3 is 13.9 Å². The number of benzene rings is 1. The van der Waals surface area contributed by atoms with E-state index < -0.39 is 5.60 Å². The summed E-state index contributed by atoms with van der Waals surface area (Å²) in [5.41, 5.74) is 2.13. The van der Waals surface area contributed by atoms with Gasteiger partial charge >= 0.3 is 5.63 Å². The molecule has 1 aliphatic rings. The molecule has 0 radical (unpaired) electrons. The Kier molecular flexibility index (Phi) is 4.24. The minimum atomic E-state index is -0.616. The van der Waals surface area contributed by atoms with Crippen molar-refractivity contribution in [2.24, 2.45) is 0 Å². The summed E-state index contributed by atoms with van der Waals surface area (Å²) in [5, 5.41) is 0.844. The Morgan fingerprint density at radius 1 is 1.13 bits per heavy atom. The molecule has 4 heterocycles. The number of ether oxygens (including phenoxy) is 2. The van der Waals surface area contributed by atoms with E-state index in [2.05, 4.69) is 15.0 Å². The first kappa shape index (κ1) is 18.3. The fourth-order valence-electron chi connectivity index (χ4n) is 3.60. The summed E-state index contributed by atoms with van der Waals surface area (Å²) in [6, 6.07) is 12.5. The van der Waals surface area contributed by atoms with E-state index in [1.165, 1.54) is 12.4 Å².